The van der Waals surface area contributed by atoms with E-state index in [0.717, 1.165) is 0 Å². The van der Waals surface area contributed by atoms with Gasteiger partial charge in [-0.25, -0.2) is 0 Å². The molecule has 0 amide bonds. The van der Waals surface area contributed by atoms with Crippen LogP contribution in [0.25, 0.3) is 0 Å². The van der Waals surface area contributed by atoms with Gasteiger partial charge < -0.3 is 9.88 Å². The second-order valence-corrected chi connectivity index (χ2v) is 3.17. The fourth-order valence-corrected chi connectivity index (χ4v) is 1.88. The Morgan fingerprint density at radius 3 is 3.45 bits per heavy atom. The van der Waals surface area contributed by atoms with E-state index in [-0.39, 0.29) is 0 Å². The molecular weight excluding hydrogens is 136 g/mol. The molecule has 0 aromatic carbocycles. The van der Waals surface area contributed by atoms with Crippen LogP contribution in [0.1, 0.15) is 25.1 Å². The Labute approximate surface area is 67.2 Å². The first-order valence-corrected chi connectivity index (χ1v) is 4.40. The molecule has 0 bridgehead atoms. The molecule has 1 aliphatic rings. The minimum absolute atomic E-state index is 0.707. The summed E-state index contributed by atoms with van der Waals surface area (Å²) >= 11 is 0. The van der Waals surface area contributed by atoms with Gasteiger partial charge in [0.05, 0.1) is 18.8 Å². The third-order valence-corrected chi connectivity index (χ3v) is 2.51. The Balaban J connectivity index is 2.32. The highest BCUT2D eigenvalue weighted by Crippen LogP contribution is 2.14. The Hall–Kier alpha value is -0.760. The van der Waals surface area contributed by atoms with Crippen molar-refractivity contribution in [3.63, 3.8) is 0 Å². The molecular formula is C9H15N2+. The van der Waals surface area contributed by atoms with Gasteiger partial charge in [0.15, 0.2) is 0 Å². The number of quaternary nitrogens is 1. The Morgan fingerprint density at radius 2 is 2.64 bits per heavy atom. The summed E-state index contributed by atoms with van der Waals surface area (Å²) in [5, 5.41) is 2.44. The topological polar surface area (TPSA) is 21.5 Å². The van der Waals surface area contributed by atoms with Crippen molar-refractivity contribution in [2.24, 2.45) is 0 Å². The Bertz CT molecular complexity index is 239. The lowest BCUT2D eigenvalue weighted by Crippen LogP contribution is -2.87. The number of fused-ring (bicyclic) bond motifs is 1. The first-order chi connectivity index (χ1) is 5.42. The smallest absolute Gasteiger partial charge is 0.126 e. The lowest BCUT2D eigenvalue weighted by Gasteiger charge is -2.21. The van der Waals surface area contributed by atoms with Crippen LogP contribution in [0.3, 0.4) is 0 Å². The standard InChI is InChI=1S/C9H14N2/c1-2-8-9-4-3-6-11(9)7-5-10-8/h3-4,6,8,10H,2,5,7H2,1H3/p+1/t8-/m1/s1. The van der Waals surface area contributed by atoms with Crippen LogP contribution < -0.4 is 5.32 Å². The maximum absolute atomic E-state index is 2.44. The van der Waals surface area contributed by atoms with Gasteiger partial charge in [-0.15, -0.1) is 0 Å². The molecule has 2 heteroatoms. The highest BCUT2D eigenvalue weighted by Gasteiger charge is 2.19. The summed E-state index contributed by atoms with van der Waals surface area (Å²) in [6.45, 7) is 4.67. The van der Waals surface area contributed by atoms with Gasteiger partial charge in [0.1, 0.15) is 6.04 Å². The van der Waals surface area contributed by atoms with Crippen molar-refractivity contribution in [3.05, 3.63) is 24.0 Å². The molecule has 60 valence electrons. The van der Waals surface area contributed by atoms with E-state index in [1.165, 1.54) is 25.2 Å². The van der Waals surface area contributed by atoms with E-state index < -0.39 is 0 Å². The minimum Gasteiger partial charge on any atom is -0.341 e. The van der Waals surface area contributed by atoms with Crippen molar-refractivity contribution in [1.29, 1.82) is 0 Å². The molecule has 2 heterocycles. The summed E-state index contributed by atoms with van der Waals surface area (Å²) in [6, 6.07) is 5.10. The van der Waals surface area contributed by atoms with Crippen LogP contribution in [-0.2, 0) is 6.54 Å². The van der Waals surface area contributed by atoms with Gasteiger partial charge in [-0.3, -0.25) is 0 Å². The average Bonchev–Trinajstić information content (AvgIpc) is 2.50. The summed E-state index contributed by atoms with van der Waals surface area (Å²) in [5.41, 5.74) is 1.50. The summed E-state index contributed by atoms with van der Waals surface area (Å²) in [7, 11) is 0. The van der Waals surface area contributed by atoms with E-state index in [0.29, 0.717) is 6.04 Å². The van der Waals surface area contributed by atoms with Crippen molar-refractivity contribution >= 4 is 0 Å². The molecule has 11 heavy (non-hydrogen) atoms. The molecule has 0 saturated heterocycles. The molecule has 1 aliphatic heterocycles. The predicted molar refractivity (Wildman–Crippen MR) is 44.3 cm³/mol. The highest BCUT2D eigenvalue weighted by molar-refractivity contribution is 5.10. The number of hydrogen-bond acceptors (Lipinski definition) is 0. The van der Waals surface area contributed by atoms with Crippen LogP contribution >= 0.6 is 0 Å². The van der Waals surface area contributed by atoms with Gasteiger partial charge in [0.25, 0.3) is 0 Å². The van der Waals surface area contributed by atoms with E-state index in [4.69, 9.17) is 0 Å². The zero-order valence-electron chi connectivity index (χ0n) is 6.96. The number of nitrogens with two attached hydrogens (primary N) is 1. The Morgan fingerprint density at radius 1 is 1.73 bits per heavy atom. The molecule has 0 unspecified atom stereocenters. The molecule has 0 spiro atoms. The van der Waals surface area contributed by atoms with Crippen LogP contribution in [-0.4, -0.2) is 11.1 Å². The normalized spacial score (nSPS) is 23.2. The molecule has 2 N–H and O–H groups in total. The maximum atomic E-state index is 2.44. The monoisotopic (exact) mass is 151 g/mol. The highest BCUT2D eigenvalue weighted by atomic mass is 15.1. The van der Waals surface area contributed by atoms with Crippen molar-refractivity contribution in [1.82, 2.24) is 4.57 Å². The van der Waals surface area contributed by atoms with Crippen LogP contribution in [0.4, 0.5) is 0 Å². The van der Waals surface area contributed by atoms with Gasteiger partial charge in [-0.2, -0.15) is 0 Å². The quantitative estimate of drug-likeness (QED) is 0.604. The van der Waals surface area contributed by atoms with Crippen molar-refractivity contribution in [3.8, 4) is 0 Å². The fourth-order valence-electron chi connectivity index (χ4n) is 1.88. The number of nitrogens with zero attached hydrogens (tertiary/aromatic N) is 1. The number of hydrogen-bond donors (Lipinski definition) is 1. The van der Waals surface area contributed by atoms with E-state index >= 15 is 0 Å². The molecule has 1 atom stereocenters. The molecule has 1 aromatic rings. The fraction of sp³-hybridized carbons (Fsp3) is 0.556. The SMILES string of the molecule is CC[C@H]1[NH2+]CCn2cccc21. The molecule has 0 aliphatic carbocycles. The lowest BCUT2D eigenvalue weighted by atomic mass is 10.1. The summed E-state index contributed by atoms with van der Waals surface area (Å²) < 4.78 is 2.37. The van der Waals surface area contributed by atoms with Crippen LogP contribution in [0.2, 0.25) is 0 Å². The molecule has 0 fully saturated rings. The molecule has 0 saturated carbocycles. The molecule has 1 aromatic heterocycles. The number of aromatic nitrogens is 1. The zero-order valence-corrected chi connectivity index (χ0v) is 6.96. The van der Waals surface area contributed by atoms with E-state index in [2.05, 4.69) is 35.1 Å². The van der Waals surface area contributed by atoms with Gasteiger partial charge in [0, 0.05) is 12.6 Å². The van der Waals surface area contributed by atoms with Crippen molar-refractivity contribution in [2.45, 2.75) is 25.9 Å². The Kier molecular flexibility index (Phi) is 1.70. The first kappa shape index (κ1) is 6.92. The van der Waals surface area contributed by atoms with Gasteiger partial charge in [0.2, 0.25) is 0 Å². The van der Waals surface area contributed by atoms with Crippen LogP contribution in [0.15, 0.2) is 18.3 Å². The van der Waals surface area contributed by atoms with Crippen molar-refractivity contribution < 1.29 is 5.32 Å². The number of rotatable bonds is 1. The van der Waals surface area contributed by atoms with E-state index in [9.17, 15) is 0 Å². The van der Waals surface area contributed by atoms with Gasteiger partial charge in [-0.1, -0.05) is 6.92 Å². The summed E-state index contributed by atoms with van der Waals surface area (Å²) in [4.78, 5) is 0. The van der Waals surface area contributed by atoms with E-state index in [1.807, 2.05) is 0 Å². The second-order valence-electron chi connectivity index (χ2n) is 3.17. The first-order valence-electron chi connectivity index (χ1n) is 4.40. The van der Waals surface area contributed by atoms with Gasteiger partial charge >= 0.3 is 0 Å². The largest absolute Gasteiger partial charge is 0.341 e. The van der Waals surface area contributed by atoms with Crippen LogP contribution in [0, 0.1) is 0 Å². The second kappa shape index (κ2) is 2.70. The van der Waals surface area contributed by atoms with Crippen molar-refractivity contribution in [2.75, 3.05) is 6.54 Å². The third kappa shape index (κ3) is 1.07. The van der Waals surface area contributed by atoms with E-state index in [1.54, 1.807) is 0 Å². The molecule has 0 radical (unpaired) electrons. The average molecular weight is 151 g/mol. The third-order valence-electron chi connectivity index (χ3n) is 2.51. The predicted octanol–water partition coefficient (Wildman–Crippen LogP) is 0.516. The summed E-state index contributed by atoms with van der Waals surface area (Å²) in [5.74, 6) is 0. The lowest BCUT2D eigenvalue weighted by molar-refractivity contribution is -0.703. The maximum Gasteiger partial charge on any atom is 0.126 e. The molecule has 2 nitrogen and oxygen atoms in total. The summed E-state index contributed by atoms with van der Waals surface area (Å²) in [6.07, 6.45) is 3.43. The minimum atomic E-state index is 0.707. The molecule has 2 rings (SSSR count). The zero-order chi connectivity index (χ0) is 7.68. The van der Waals surface area contributed by atoms with Gasteiger partial charge in [-0.05, 0) is 12.1 Å². The van der Waals surface area contributed by atoms with Crippen LogP contribution in [0.5, 0.6) is 0 Å².